The molecule has 0 aromatic heterocycles. The second kappa shape index (κ2) is 8.47. The lowest BCUT2D eigenvalue weighted by Gasteiger charge is -2.19. The van der Waals surface area contributed by atoms with Crippen molar-refractivity contribution in [2.45, 2.75) is 4.90 Å². The minimum absolute atomic E-state index is 0.379. The number of nitrogens with zero attached hydrogens (tertiary/aromatic N) is 1. The Kier molecular flexibility index (Phi) is 5.59. The van der Waals surface area contributed by atoms with Crippen molar-refractivity contribution in [3.8, 4) is 11.5 Å². The third kappa shape index (κ3) is 3.57. The predicted octanol–water partition coefficient (Wildman–Crippen LogP) is 4.78. The first kappa shape index (κ1) is 19.8. The van der Waals surface area contributed by atoms with Gasteiger partial charge in [0.05, 0.1) is 30.4 Å². The molecule has 0 saturated carbocycles. The number of hydrogen-bond acceptors (Lipinski definition) is 5. The zero-order valence-corrected chi connectivity index (χ0v) is 17.3. The zero-order valence-electron chi connectivity index (χ0n) is 16.5. The van der Waals surface area contributed by atoms with Gasteiger partial charge >= 0.3 is 0 Å². The van der Waals surface area contributed by atoms with E-state index in [9.17, 15) is 9.59 Å². The average molecular weight is 417 g/mol. The number of rotatable bonds is 6. The van der Waals surface area contributed by atoms with Crippen LogP contribution < -0.4 is 14.4 Å². The molecule has 3 aromatic carbocycles. The van der Waals surface area contributed by atoms with Crippen molar-refractivity contribution >= 4 is 34.8 Å². The highest BCUT2D eigenvalue weighted by Crippen LogP contribution is 2.44. The van der Waals surface area contributed by atoms with E-state index in [1.807, 2.05) is 60.7 Å². The van der Waals surface area contributed by atoms with Gasteiger partial charge in [-0.3, -0.25) is 9.59 Å². The Labute approximate surface area is 178 Å². The first-order chi connectivity index (χ1) is 14.6. The maximum atomic E-state index is 13.5. The van der Waals surface area contributed by atoms with Gasteiger partial charge in [-0.25, -0.2) is 4.90 Å². The van der Waals surface area contributed by atoms with E-state index in [4.69, 9.17) is 9.47 Å². The molecular formula is C24H19NO4S. The van der Waals surface area contributed by atoms with Crippen molar-refractivity contribution in [2.75, 3.05) is 19.1 Å². The van der Waals surface area contributed by atoms with Gasteiger partial charge in [0.25, 0.3) is 11.8 Å². The molecule has 6 heteroatoms. The summed E-state index contributed by atoms with van der Waals surface area (Å²) in [5.74, 6) is 0.198. The van der Waals surface area contributed by atoms with Crippen LogP contribution in [0, 0.1) is 0 Å². The van der Waals surface area contributed by atoms with E-state index in [1.165, 1.54) is 23.8 Å². The Morgan fingerprint density at radius 2 is 1.43 bits per heavy atom. The standard InChI is InChI=1S/C24H19NO4S/c1-28-17-13-14-19(20(15-17)29-2)25-23(26)21(16-9-5-3-6-10-16)22(24(25)27)30-18-11-7-4-8-12-18/h3-15H,1-2H3. The molecule has 1 aliphatic rings. The zero-order chi connectivity index (χ0) is 21.1. The molecule has 0 radical (unpaired) electrons. The van der Waals surface area contributed by atoms with Crippen molar-refractivity contribution in [3.63, 3.8) is 0 Å². The van der Waals surface area contributed by atoms with Crippen LogP contribution in [-0.2, 0) is 9.59 Å². The Bertz CT molecular complexity index is 1130. The monoisotopic (exact) mass is 417 g/mol. The number of ether oxygens (including phenoxy) is 2. The number of thioether (sulfide) groups is 1. The largest absolute Gasteiger partial charge is 0.497 e. The number of carbonyl (C=O) groups excluding carboxylic acids is 2. The molecule has 3 aromatic rings. The SMILES string of the molecule is COc1ccc(N2C(=O)C(Sc3ccccc3)=C(c3ccccc3)C2=O)c(OC)c1. The van der Waals surface area contributed by atoms with Crippen molar-refractivity contribution < 1.29 is 19.1 Å². The first-order valence-electron chi connectivity index (χ1n) is 9.27. The highest BCUT2D eigenvalue weighted by atomic mass is 32.2. The lowest BCUT2D eigenvalue weighted by Crippen LogP contribution is -2.31. The van der Waals surface area contributed by atoms with Crippen LogP contribution in [0.1, 0.15) is 5.56 Å². The number of hydrogen-bond donors (Lipinski definition) is 0. The summed E-state index contributed by atoms with van der Waals surface area (Å²) in [5, 5.41) is 0. The molecule has 0 unspecified atom stereocenters. The van der Waals surface area contributed by atoms with E-state index in [1.54, 1.807) is 25.3 Å². The third-order valence-electron chi connectivity index (χ3n) is 4.69. The minimum atomic E-state index is -0.381. The summed E-state index contributed by atoms with van der Waals surface area (Å²) in [5.41, 5.74) is 1.46. The topological polar surface area (TPSA) is 55.8 Å². The summed E-state index contributed by atoms with van der Waals surface area (Å²) < 4.78 is 10.7. The lowest BCUT2D eigenvalue weighted by atomic mass is 10.1. The average Bonchev–Trinajstić information content (AvgIpc) is 3.03. The fourth-order valence-corrected chi connectivity index (χ4v) is 4.27. The molecule has 0 N–H and O–H groups in total. The molecular weight excluding hydrogens is 398 g/mol. The predicted molar refractivity (Wildman–Crippen MR) is 118 cm³/mol. The van der Waals surface area contributed by atoms with Gasteiger partial charge in [-0.1, -0.05) is 60.3 Å². The van der Waals surface area contributed by atoms with E-state index in [0.29, 0.717) is 33.2 Å². The van der Waals surface area contributed by atoms with Crippen LogP contribution in [-0.4, -0.2) is 26.0 Å². The Morgan fingerprint density at radius 3 is 2.07 bits per heavy atom. The molecule has 0 bridgehead atoms. The van der Waals surface area contributed by atoms with E-state index >= 15 is 0 Å². The lowest BCUT2D eigenvalue weighted by molar-refractivity contribution is -0.119. The van der Waals surface area contributed by atoms with Crippen LogP contribution in [0.15, 0.2) is 88.7 Å². The summed E-state index contributed by atoms with van der Waals surface area (Å²) >= 11 is 1.29. The highest BCUT2D eigenvalue weighted by Gasteiger charge is 2.41. The quantitative estimate of drug-likeness (QED) is 0.540. The molecule has 0 spiro atoms. The summed E-state index contributed by atoms with van der Waals surface area (Å²) in [4.78, 5) is 29.4. The van der Waals surface area contributed by atoms with E-state index in [0.717, 1.165) is 4.90 Å². The fourth-order valence-electron chi connectivity index (χ4n) is 3.26. The fraction of sp³-hybridized carbons (Fsp3) is 0.0833. The van der Waals surface area contributed by atoms with Crippen molar-refractivity contribution in [1.29, 1.82) is 0 Å². The number of anilines is 1. The van der Waals surface area contributed by atoms with Crippen molar-refractivity contribution in [1.82, 2.24) is 0 Å². The number of imide groups is 1. The molecule has 0 fully saturated rings. The summed E-state index contributed by atoms with van der Waals surface area (Å²) in [6.45, 7) is 0. The molecule has 0 atom stereocenters. The van der Waals surface area contributed by atoms with Gasteiger partial charge in [0.1, 0.15) is 11.5 Å². The van der Waals surface area contributed by atoms with Crippen molar-refractivity contribution in [3.05, 3.63) is 89.3 Å². The van der Waals surface area contributed by atoms with Gasteiger partial charge < -0.3 is 9.47 Å². The maximum Gasteiger partial charge on any atom is 0.273 e. The van der Waals surface area contributed by atoms with Gasteiger partial charge in [0, 0.05) is 11.0 Å². The second-order valence-electron chi connectivity index (χ2n) is 6.47. The van der Waals surface area contributed by atoms with Crippen LogP contribution in [0.2, 0.25) is 0 Å². The molecule has 5 nitrogen and oxygen atoms in total. The molecule has 0 aliphatic carbocycles. The maximum absolute atomic E-state index is 13.5. The normalized spacial score (nSPS) is 13.7. The summed E-state index contributed by atoms with van der Waals surface area (Å²) in [6.07, 6.45) is 0. The smallest absolute Gasteiger partial charge is 0.273 e. The van der Waals surface area contributed by atoms with Crippen molar-refractivity contribution in [2.24, 2.45) is 0 Å². The van der Waals surface area contributed by atoms with Crippen LogP contribution in [0.3, 0.4) is 0 Å². The second-order valence-corrected chi connectivity index (χ2v) is 7.55. The van der Waals surface area contributed by atoms with Crippen LogP contribution >= 0.6 is 11.8 Å². The number of methoxy groups -OCH3 is 2. The molecule has 0 saturated heterocycles. The Hall–Kier alpha value is -3.51. The minimum Gasteiger partial charge on any atom is -0.497 e. The summed E-state index contributed by atoms with van der Waals surface area (Å²) in [6, 6.07) is 23.8. The summed E-state index contributed by atoms with van der Waals surface area (Å²) in [7, 11) is 3.04. The van der Waals surface area contributed by atoms with Gasteiger partial charge in [0.15, 0.2) is 0 Å². The Balaban J connectivity index is 1.83. The molecule has 1 heterocycles. The first-order valence-corrected chi connectivity index (χ1v) is 10.1. The van der Waals surface area contributed by atoms with Gasteiger partial charge in [-0.15, -0.1) is 0 Å². The van der Waals surface area contributed by atoms with E-state index in [2.05, 4.69) is 0 Å². The molecule has 4 rings (SSSR count). The van der Waals surface area contributed by atoms with Gasteiger partial charge in [-0.05, 0) is 29.8 Å². The van der Waals surface area contributed by atoms with Crippen LogP contribution in [0.25, 0.3) is 5.57 Å². The highest BCUT2D eigenvalue weighted by molar-refractivity contribution is 8.04. The number of carbonyl (C=O) groups is 2. The Morgan fingerprint density at radius 1 is 0.767 bits per heavy atom. The van der Waals surface area contributed by atoms with Gasteiger partial charge in [-0.2, -0.15) is 0 Å². The molecule has 30 heavy (non-hydrogen) atoms. The van der Waals surface area contributed by atoms with E-state index in [-0.39, 0.29) is 11.8 Å². The number of benzene rings is 3. The van der Waals surface area contributed by atoms with Crippen LogP contribution in [0.5, 0.6) is 11.5 Å². The molecule has 150 valence electrons. The third-order valence-corrected chi connectivity index (χ3v) is 5.79. The van der Waals surface area contributed by atoms with E-state index < -0.39 is 0 Å². The number of amides is 2. The van der Waals surface area contributed by atoms with Gasteiger partial charge in [0.2, 0.25) is 0 Å². The molecule has 2 amide bonds. The van der Waals surface area contributed by atoms with Crippen LogP contribution in [0.4, 0.5) is 5.69 Å². The molecule has 1 aliphatic heterocycles.